The molecule has 0 bridgehead atoms. The monoisotopic (exact) mass is 523 g/mol. The largest absolute Gasteiger partial charge is 0.493 e. The molecular formula is C30H45N5O3. The van der Waals surface area contributed by atoms with Gasteiger partial charge in [0.05, 0.1) is 14.2 Å². The summed E-state index contributed by atoms with van der Waals surface area (Å²) in [6.07, 6.45) is 14.8. The number of carbonyl (C=O) groups excluding carboxylic acids is 1. The maximum atomic E-state index is 11.0. The Kier molecular flexibility index (Phi) is 11.9. The van der Waals surface area contributed by atoms with Crippen LogP contribution in [0.15, 0.2) is 30.6 Å². The number of aromatic nitrogens is 2. The first-order chi connectivity index (χ1) is 18.5. The summed E-state index contributed by atoms with van der Waals surface area (Å²) in [5, 5.41) is 0. The highest BCUT2D eigenvalue weighted by Crippen LogP contribution is 2.30. The van der Waals surface area contributed by atoms with E-state index in [9.17, 15) is 4.79 Å². The summed E-state index contributed by atoms with van der Waals surface area (Å²) in [6.45, 7) is 12.0. The fourth-order valence-corrected chi connectivity index (χ4v) is 4.81. The minimum Gasteiger partial charge on any atom is -0.493 e. The Bertz CT molecular complexity index is 1020. The molecular weight excluding hydrogens is 478 g/mol. The van der Waals surface area contributed by atoms with Crippen molar-refractivity contribution in [1.29, 1.82) is 0 Å². The van der Waals surface area contributed by atoms with Gasteiger partial charge in [-0.15, -0.1) is 0 Å². The molecule has 1 aliphatic carbocycles. The molecule has 0 atom stereocenters. The van der Waals surface area contributed by atoms with Gasteiger partial charge in [0, 0.05) is 57.7 Å². The first kappa shape index (κ1) is 29.4. The van der Waals surface area contributed by atoms with E-state index < -0.39 is 0 Å². The summed E-state index contributed by atoms with van der Waals surface area (Å²) in [4.78, 5) is 26.8. The molecule has 0 unspecified atom stereocenters. The molecule has 8 heteroatoms. The molecule has 1 aliphatic heterocycles. The fourth-order valence-electron chi connectivity index (χ4n) is 4.81. The van der Waals surface area contributed by atoms with E-state index in [0.29, 0.717) is 0 Å². The number of piperazine rings is 1. The maximum absolute atomic E-state index is 11.0. The lowest BCUT2D eigenvalue weighted by Crippen LogP contribution is -2.52. The smallest absolute Gasteiger partial charge is 0.225 e. The van der Waals surface area contributed by atoms with Crippen molar-refractivity contribution in [2.75, 3.05) is 58.4 Å². The van der Waals surface area contributed by atoms with Gasteiger partial charge in [0.15, 0.2) is 11.5 Å². The molecule has 208 valence electrons. The fraction of sp³-hybridized carbons (Fsp3) is 0.567. The zero-order valence-corrected chi connectivity index (χ0v) is 23.9. The highest BCUT2D eigenvalue weighted by molar-refractivity contribution is 5.59. The first-order valence-corrected chi connectivity index (χ1v) is 13.9. The Morgan fingerprint density at radius 3 is 2.21 bits per heavy atom. The zero-order valence-electron chi connectivity index (χ0n) is 23.9. The Balaban J connectivity index is 0.000000244. The number of hydrogen-bond acceptors (Lipinski definition) is 7. The second-order valence-electron chi connectivity index (χ2n) is 9.95. The third-order valence-electron chi connectivity index (χ3n) is 7.35. The molecule has 1 saturated carbocycles. The Labute approximate surface area is 228 Å². The highest BCUT2D eigenvalue weighted by Gasteiger charge is 2.28. The van der Waals surface area contributed by atoms with Crippen molar-refractivity contribution in [3.8, 4) is 11.5 Å². The quantitative estimate of drug-likeness (QED) is 0.399. The van der Waals surface area contributed by atoms with Gasteiger partial charge in [-0.2, -0.15) is 0 Å². The topological polar surface area (TPSA) is 71.0 Å². The van der Waals surface area contributed by atoms with E-state index >= 15 is 0 Å². The van der Waals surface area contributed by atoms with E-state index in [1.807, 2.05) is 42.4 Å². The summed E-state index contributed by atoms with van der Waals surface area (Å²) >= 11 is 0. The van der Waals surface area contributed by atoms with Gasteiger partial charge in [0.1, 0.15) is 0 Å². The second-order valence-corrected chi connectivity index (χ2v) is 9.95. The van der Waals surface area contributed by atoms with E-state index in [2.05, 4.69) is 39.7 Å². The van der Waals surface area contributed by atoms with E-state index in [4.69, 9.17) is 9.47 Å². The number of allylic oxidation sites excluding steroid dienone is 1. The van der Waals surface area contributed by atoms with Crippen molar-refractivity contribution in [1.82, 2.24) is 19.8 Å². The van der Waals surface area contributed by atoms with Gasteiger partial charge in [-0.05, 0) is 68.4 Å². The van der Waals surface area contributed by atoms with Crippen LogP contribution in [0.5, 0.6) is 11.5 Å². The van der Waals surface area contributed by atoms with Crippen LogP contribution in [0.1, 0.15) is 56.2 Å². The lowest BCUT2D eigenvalue weighted by molar-refractivity contribution is -0.118. The van der Waals surface area contributed by atoms with Crippen molar-refractivity contribution in [3.63, 3.8) is 0 Å². The molecule has 1 saturated heterocycles. The average molecular weight is 524 g/mol. The number of methoxy groups -OCH3 is 2. The van der Waals surface area contributed by atoms with Gasteiger partial charge in [-0.25, -0.2) is 9.97 Å². The molecule has 1 aromatic heterocycles. The number of benzene rings is 1. The van der Waals surface area contributed by atoms with E-state index in [-0.39, 0.29) is 0 Å². The van der Waals surface area contributed by atoms with Crippen LogP contribution in [0.3, 0.4) is 0 Å². The number of rotatable bonds is 11. The summed E-state index contributed by atoms with van der Waals surface area (Å²) in [6, 6.07) is 4.79. The van der Waals surface area contributed by atoms with Gasteiger partial charge in [-0.1, -0.05) is 25.5 Å². The van der Waals surface area contributed by atoms with Crippen LogP contribution >= 0.6 is 0 Å². The van der Waals surface area contributed by atoms with Gasteiger partial charge < -0.3 is 19.3 Å². The maximum Gasteiger partial charge on any atom is 0.225 e. The summed E-state index contributed by atoms with van der Waals surface area (Å²) < 4.78 is 10.4. The first-order valence-electron chi connectivity index (χ1n) is 13.9. The molecule has 0 spiro atoms. The minimum atomic E-state index is 0.736. The lowest BCUT2D eigenvalue weighted by atomic mass is 9.91. The Hall–Kier alpha value is -3.13. The van der Waals surface area contributed by atoms with Crippen molar-refractivity contribution in [2.45, 2.75) is 58.9 Å². The molecule has 2 aromatic rings. The number of aryl methyl sites for hydroxylation is 1. The van der Waals surface area contributed by atoms with E-state index in [1.165, 1.54) is 24.8 Å². The Morgan fingerprint density at radius 2 is 1.68 bits per heavy atom. The molecule has 2 fully saturated rings. The van der Waals surface area contributed by atoms with Gasteiger partial charge >= 0.3 is 0 Å². The normalized spacial score (nSPS) is 16.0. The van der Waals surface area contributed by atoms with Gasteiger partial charge in [0.25, 0.3) is 0 Å². The second kappa shape index (κ2) is 15.3. The average Bonchev–Trinajstić information content (AvgIpc) is 2.92. The van der Waals surface area contributed by atoms with Gasteiger partial charge in [-0.3, -0.25) is 9.69 Å². The van der Waals surface area contributed by atoms with Crippen LogP contribution < -0.4 is 14.4 Å². The number of ether oxygens (including phenoxy) is 2. The summed E-state index contributed by atoms with van der Waals surface area (Å²) in [5.74, 6) is 2.39. The van der Waals surface area contributed by atoms with Crippen molar-refractivity contribution in [3.05, 3.63) is 47.3 Å². The third kappa shape index (κ3) is 8.18. The number of carbonyl (C=O) groups is 1. The van der Waals surface area contributed by atoms with Gasteiger partial charge in [0.2, 0.25) is 12.4 Å². The molecule has 8 nitrogen and oxygen atoms in total. The number of amides is 1. The molecule has 4 rings (SSSR count). The highest BCUT2D eigenvalue weighted by atomic mass is 16.5. The minimum absolute atomic E-state index is 0.736. The molecule has 0 radical (unpaired) electrons. The van der Waals surface area contributed by atoms with Crippen LogP contribution in [-0.4, -0.2) is 85.7 Å². The lowest BCUT2D eigenvalue weighted by Gasteiger charge is -2.42. The van der Waals surface area contributed by atoms with Crippen molar-refractivity contribution in [2.24, 2.45) is 0 Å². The predicted molar refractivity (Wildman–Crippen MR) is 154 cm³/mol. The summed E-state index contributed by atoms with van der Waals surface area (Å²) in [7, 11) is 3.29. The zero-order chi connectivity index (χ0) is 27.3. The molecule has 0 N–H and O–H groups in total. The van der Waals surface area contributed by atoms with Crippen molar-refractivity contribution >= 4 is 18.4 Å². The molecule has 1 aromatic carbocycles. The molecule has 38 heavy (non-hydrogen) atoms. The van der Waals surface area contributed by atoms with E-state index in [0.717, 1.165) is 93.1 Å². The predicted octanol–water partition coefficient (Wildman–Crippen LogP) is 4.61. The number of anilines is 1. The summed E-state index contributed by atoms with van der Waals surface area (Å²) in [5.41, 5.74) is 3.43. The molecule has 2 aliphatic rings. The van der Waals surface area contributed by atoms with Crippen LogP contribution in [0, 0.1) is 6.92 Å². The van der Waals surface area contributed by atoms with Crippen LogP contribution in [-0.2, 0) is 11.2 Å². The molecule has 2 heterocycles. The standard InChI is InChI=1S/C18H29N5O.C12H16O2/c1-2-7-21(15-24)8-6-16-13-19-18(20-14-16)23-11-9-22(10-12-23)17-4-3-5-17;1-5-6-10-8-12(14-4)11(13-3)7-9(10)2/h13-15,17H,2-12H2,1H3;5-8H,1-4H3/b;6-5+. The number of hydrogen-bond donors (Lipinski definition) is 0. The number of nitrogens with zero attached hydrogens (tertiary/aromatic N) is 5. The van der Waals surface area contributed by atoms with Crippen LogP contribution in [0.4, 0.5) is 5.95 Å². The van der Waals surface area contributed by atoms with Crippen molar-refractivity contribution < 1.29 is 14.3 Å². The van der Waals surface area contributed by atoms with Crippen LogP contribution in [0.25, 0.3) is 6.08 Å². The molecule has 1 amide bonds. The SMILES string of the molecule is C/C=C/c1cc(OC)c(OC)cc1C.CCCN(C=O)CCc1cnc(N2CCN(C3CCC3)CC2)nc1. The van der Waals surface area contributed by atoms with E-state index in [1.54, 1.807) is 14.2 Å². The third-order valence-corrected chi connectivity index (χ3v) is 7.35. The Morgan fingerprint density at radius 1 is 1.03 bits per heavy atom. The van der Waals surface area contributed by atoms with Crippen LogP contribution in [0.2, 0.25) is 0 Å².